The Morgan fingerprint density at radius 3 is 0.963 bits per heavy atom. The summed E-state index contributed by atoms with van der Waals surface area (Å²) in [5.41, 5.74) is 4.27. The molecule has 0 saturated carbocycles. The molecule has 454 valence electrons. The van der Waals surface area contributed by atoms with E-state index in [1.165, 1.54) is 44.9 Å². The molecule has 0 amide bonds. The Labute approximate surface area is 487 Å². The summed E-state index contributed by atoms with van der Waals surface area (Å²) in [6, 6.07) is 12.0. The molecule has 0 aliphatic carbocycles. The summed E-state index contributed by atoms with van der Waals surface area (Å²) in [5, 5.41) is 0. The predicted molar refractivity (Wildman–Crippen MR) is 323 cm³/mol. The summed E-state index contributed by atoms with van der Waals surface area (Å²) in [6.07, 6.45) is 13.1. The van der Waals surface area contributed by atoms with Crippen molar-refractivity contribution in [3.63, 3.8) is 0 Å². The molecule has 4 aliphatic rings. The summed E-state index contributed by atoms with van der Waals surface area (Å²) in [7, 11) is 0. The summed E-state index contributed by atoms with van der Waals surface area (Å²) in [6.45, 7) is 22.5. The van der Waals surface area contributed by atoms with E-state index in [0.29, 0.717) is 80.8 Å². The molecule has 0 spiro atoms. The number of nitrogens with zero attached hydrogens (tertiary/aromatic N) is 4. The molecule has 0 atom stereocenters. The Bertz CT molecular complexity index is 2690. The van der Waals surface area contributed by atoms with Gasteiger partial charge in [0.1, 0.15) is 0 Å². The minimum absolute atomic E-state index is 0.114. The highest BCUT2D eigenvalue weighted by Gasteiger charge is 2.40. The van der Waals surface area contributed by atoms with Gasteiger partial charge in [-0.25, -0.2) is 0 Å². The van der Waals surface area contributed by atoms with Crippen LogP contribution < -0.4 is 19.6 Å². The van der Waals surface area contributed by atoms with E-state index in [1.807, 2.05) is 68.1 Å². The number of rotatable bonds is 29. The van der Waals surface area contributed by atoms with Crippen molar-refractivity contribution in [2.24, 2.45) is 21.7 Å². The quantitative estimate of drug-likeness (QED) is 0.0589. The van der Waals surface area contributed by atoms with E-state index in [4.69, 9.17) is 0 Å². The van der Waals surface area contributed by atoms with Crippen molar-refractivity contribution >= 4 is 45.9 Å². The molecule has 4 aliphatic heterocycles. The maximum atomic E-state index is 14.4. The molecule has 0 fully saturated rings. The van der Waals surface area contributed by atoms with Gasteiger partial charge in [-0.05, 0) is 96.6 Å². The van der Waals surface area contributed by atoms with E-state index < -0.39 is 65.8 Å². The lowest BCUT2D eigenvalue weighted by molar-refractivity contribution is -0.142. The van der Waals surface area contributed by atoms with Crippen LogP contribution >= 0.6 is 0 Å². The maximum Gasteiger partial charge on any atom is 0.389 e. The zero-order valence-corrected chi connectivity index (χ0v) is 51.3. The zero-order valence-electron chi connectivity index (χ0n) is 51.3. The monoisotopic (exact) mass is 1150 g/mol. The number of hydrogen-bond acceptors (Lipinski definition) is 8. The minimum Gasteiger partial charge on any atom is -0.348 e. The third-order valence-corrected chi connectivity index (χ3v) is 18.0. The topological polar surface area (TPSA) is 81.2 Å². The molecule has 0 aromatic heterocycles. The smallest absolute Gasteiger partial charge is 0.348 e. The van der Waals surface area contributed by atoms with Crippen molar-refractivity contribution in [2.75, 3.05) is 45.8 Å². The van der Waals surface area contributed by atoms with Crippen molar-refractivity contribution in [1.82, 2.24) is 0 Å². The molecule has 82 heavy (non-hydrogen) atoms. The fourth-order valence-electron chi connectivity index (χ4n) is 12.2. The Kier molecular flexibility index (Phi) is 22.7. The van der Waals surface area contributed by atoms with Gasteiger partial charge in [0.15, 0.2) is 23.1 Å². The number of ketones is 4. The third-order valence-electron chi connectivity index (χ3n) is 18.0. The highest BCUT2D eigenvalue weighted by molar-refractivity contribution is 6.01. The summed E-state index contributed by atoms with van der Waals surface area (Å²) < 4.78 is 81.5. The lowest BCUT2D eigenvalue weighted by Crippen LogP contribution is -2.36. The number of carbonyl (C=O) groups is 4. The first-order chi connectivity index (χ1) is 38.5. The lowest BCUT2D eigenvalue weighted by atomic mass is 9.76. The van der Waals surface area contributed by atoms with Gasteiger partial charge in [-0.1, -0.05) is 146 Å². The number of benzene rings is 2. The van der Waals surface area contributed by atoms with Crippen LogP contribution in [0.4, 0.5) is 49.1 Å². The second-order valence-electron chi connectivity index (χ2n) is 26.5. The number of anilines is 4. The van der Waals surface area contributed by atoms with Crippen LogP contribution in [-0.4, -0.2) is 61.7 Å². The predicted octanol–water partition coefficient (Wildman–Crippen LogP) is 19.1. The van der Waals surface area contributed by atoms with Crippen LogP contribution in [0.3, 0.4) is 0 Å². The first-order valence-electron chi connectivity index (χ1n) is 31.0. The SMILES string of the molecule is CCCCCCCCCC(=O)C1=CN(c2ccc(N3C=C(C(=O)CCCCCCCCC)C(C)(C)CC3)c(-c3cc(N4C=C(C(=O)CCC(F)(F)F)C(C)(C)CC4)ccc3N3C=C(C(=O)CCC(F)(F)F)C(C)(C)CC3)c2)CCC1(C)C. The second kappa shape index (κ2) is 28.2. The standard InChI is InChI=1S/C68H96F6N4O4/c1-11-13-15-17-19-21-23-25-59(79)53-45-75(39-35-63(53,3)4)49-27-29-57(77-41-37-65(7,8)55(47-77)60(80)26-24-22-20-18-16-14-12-2)51(43-49)52-44-50(76-40-36-64(5,6)54(46-76)61(81)31-33-67(69,70)71)28-30-58(52)78-42-38-66(9,10)56(48-78)62(82)32-34-68(72,73)74/h27-30,43-48H,11-26,31-42H2,1-10H3. The number of allylic oxidation sites excluding steroid dienone is 4. The average molecular weight is 1150 g/mol. The number of carbonyl (C=O) groups excluding carboxylic acids is 4. The van der Waals surface area contributed by atoms with Crippen molar-refractivity contribution < 1.29 is 45.5 Å². The third kappa shape index (κ3) is 17.9. The van der Waals surface area contributed by atoms with Gasteiger partial charge in [0.05, 0.1) is 12.8 Å². The van der Waals surface area contributed by atoms with Gasteiger partial charge in [0, 0.05) is 133 Å². The molecule has 2 aromatic rings. The molecule has 6 rings (SSSR count). The minimum atomic E-state index is -4.52. The lowest BCUT2D eigenvalue weighted by Gasteiger charge is -2.40. The Balaban J connectivity index is 1.55. The number of hydrogen-bond donors (Lipinski definition) is 0. The first kappa shape index (κ1) is 66.0. The van der Waals surface area contributed by atoms with Crippen molar-refractivity contribution in [3.8, 4) is 11.1 Å². The van der Waals surface area contributed by atoms with Crippen LogP contribution in [0.2, 0.25) is 0 Å². The van der Waals surface area contributed by atoms with Crippen molar-refractivity contribution in [2.45, 2.75) is 236 Å². The molecule has 8 nitrogen and oxygen atoms in total. The van der Waals surface area contributed by atoms with Crippen LogP contribution in [0.5, 0.6) is 0 Å². The number of Topliss-reactive ketones (excluding diaryl/α,β-unsaturated/α-hetero) is 4. The number of halogens is 6. The highest BCUT2D eigenvalue weighted by atomic mass is 19.4. The van der Waals surface area contributed by atoms with E-state index in [2.05, 4.69) is 69.5 Å². The van der Waals surface area contributed by atoms with Gasteiger partial charge < -0.3 is 19.6 Å². The Morgan fingerprint density at radius 2 is 0.659 bits per heavy atom. The molecule has 0 radical (unpaired) electrons. The number of unbranched alkanes of at least 4 members (excludes halogenated alkanes) is 12. The molecule has 0 saturated heterocycles. The van der Waals surface area contributed by atoms with Gasteiger partial charge in [-0.15, -0.1) is 0 Å². The average Bonchev–Trinajstić information content (AvgIpc) is 1.98. The Morgan fingerprint density at radius 1 is 0.390 bits per heavy atom. The van der Waals surface area contributed by atoms with Crippen molar-refractivity contribution in [3.05, 3.63) is 83.5 Å². The van der Waals surface area contributed by atoms with E-state index in [1.54, 1.807) is 12.4 Å². The molecular weight excluding hydrogens is 1050 g/mol. The summed E-state index contributed by atoms with van der Waals surface area (Å²) in [4.78, 5) is 64.4. The maximum absolute atomic E-state index is 14.4. The fraction of sp³-hybridized carbons (Fsp3) is 0.647. The van der Waals surface area contributed by atoms with Crippen molar-refractivity contribution in [1.29, 1.82) is 0 Å². The molecule has 0 N–H and O–H groups in total. The van der Waals surface area contributed by atoms with Crippen LogP contribution in [0.1, 0.15) is 223 Å². The normalized spacial score (nSPS) is 18.9. The van der Waals surface area contributed by atoms with Crippen LogP contribution in [-0.2, 0) is 19.2 Å². The molecule has 14 heteroatoms. The van der Waals surface area contributed by atoms with E-state index in [-0.39, 0.29) is 22.6 Å². The highest BCUT2D eigenvalue weighted by Crippen LogP contribution is 2.49. The second-order valence-corrected chi connectivity index (χ2v) is 26.5. The van der Waals surface area contributed by atoms with Gasteiger partial charge in [-0.2, -0.15) is 26.3 Å². The summed E-state index contributed by atoms with van der Waals surface area (Å²) in [5.74, 6) is -0.899. The number of alkyl halides is 6. The van der Waals surface area contributed by atoms with Gasteiger partial charge in [0.25, 0.3) is 0 Å². The van der Waals surface area contributed by atoms with Gasteiger partial charge >= 0.3 is 12.4 Å². The largest absolute Gasteiger partial charge is 0.389 e. The molecule has 0 unspecified atom stereocenters. The van der Waals surface area contributed by atoms with Gasteiger partial charge in [0.2, 0.25) is 0 Å². The van der Waals surface area contributed by atoms with E-state index in [0.717, 1.165) is 79.5 Å². The summed E-state index contributed by atoms with van der Waals surface area (Å²) >= 11 is 0. The zero-order chi connectivity index (χ0) is 60.3. The Hall–Kier alpha value is -5.14. The molecule has 2 aromatic carbocycles. The fourth-order valence-corrected chi connectivity index (χ4v) is 12.2. The van der Waals surface area contributed by atoms with E-state index >= 15 is 0 Å². The van der Waals surface area contributed by atoms with Crippen LogP contribution in [0.25, 0.3) is 11.1 Å². The molecular formula is C68H96F6N4O4. The molecule has 4 heterocycles. The van der Waals surface area contributed by atoms with E-state index in [9.17, 15) is 45.5 Å². The van der Waals surface area contributed by atoms with Crippen LogP contribution in [0.15, 0.2) is 83.5 Å². The molecule has 0 bridgehead atoms. The first-order valence-corrected chi connectivity index (χ1v) is 31.0. The van der Waals surface area contributed by atoms with Gasteiger partial charge in [-0.3, -0.25) is 19.2 Å². The van der Waals surface area contributed by atoms with Crippen LogP contribution in [0, 0.1) is 21.7 Å².